The first-order valence-corrected chi connectivity index (χ1v) is 11.3. The van der Waals surface area contributed by atoms with Crippen LogP contribution in [-0.2, 0) is 6.54 Å². The van der Waals surface area contributed by atoms with Gasteiger partial charge in [0.25, 0.3) is 5.56 Å². The van der Waals surface area contributed by atoms with Crippen LogP contribution in [0.5, 0.6) is 0 Å². The lowest BCUT2D eigenvalue weighted by atomic mass is 10.00. The van der Waals surface area contributed by atoms with Gasteiger partial charge in [-0.05, 0) is 42.3 Å². The Morgan fingerprint density at radius 2 is 1.66 bits per heavy atom. The summed E-state index contributed by atoms with van der Waals surface area (Å²) in [6.45, 7) is 2.08. The Balaban J connectivity index is 1.68. The average Bonchev–Trinajstić information content (AvgIpc) is 2.87. The lowest BCUT2D eigenvalue weighted by Crippen LogP contribution is -2.29. The van der Waals surface area contributed by atoms with Crippen LogP contribution in [0.3, 0.4) is 0 Å². The summed E-state index contributed by atoms with van der Waals surface area (Å²) in [7, 11) is 0. The highest BCUT2D eigenvalue weighted by Crippen LogP contribution is 2.29. The largest absolute Gasteiger partial charge is 0.323 e. The summed E-state index contributed by atoms with van der Waals surface area (Å²) >= 11 is 12.1. The Bertz CT molecular complexity index is 1510. The van der Waals surface area contributed by atoms with E-state index < -0.39 is 11.6 Å². The molecule has 174 valence electrons. The quantitative estimate of drug-likeness (QED) is 0.355. The first-order valence-electron chi connectivity index (χ1n) is 10.5. The van der Waals surface area contributed by atoms with Gasteiger partial charge in [0.1, 0.15) is 5.69 Å². The number of urea groups is 1. The number of carbonyl (C=O) groups is 1. The normalized spacial score (nSPS) is 10.5. The molecule has 0 aliphatic heterocycles. The molecule has 2 aromatic carbocycles. The maximum Gasteiger partial charge on any atom is 0.323 e. The predicted molar refractivity (Wildman–Crippen MR) is 137 cm³/mol. The summed E-state index contributed by atoms with van der Waals surface area (Å²) in [5.74, 6) is 0. The van der Waals surface area contributed by atoms with Crippen molar-refractivity contribution in [3.63, 3.8) is 0 Å². The van der Waals surface area contributed by atoms with E-state index in [4.69, 9.17) is 23.2 Å². The second-order valence-corrected chi connectivity index (χ2v) is 8.21. The summed E-state index contributed by atoms with van der Waals surface area (Å²) in [6, 6.07) is 17.8. The number of nitriles is 1. The van der Waals surface area contributed by atoms with E-state index in [2.05, 4.69) is 26.8 Å². The van der Waals surface area contributed by atoms with Crippen molar-refractivity contribution in [2.45, 2.75) is 13.5 Å². The van der Waals surface area contributed by atoms with Gasteiger partial charge in [-0.1, -0.05) is 53.5 Å². The van der Waals surface area contributed by atoms with Crippen LogP contribution in [0, 0.1) is 11.3 Å². The number of benzene rings is 2. The van der Waals surface area contributed by atoms with Crippen LogP contribution in [0.15, 0.2) is 71.8 Å². The number of rotatable bonds is 5. The molecule has 0 spiro atoms. The Kier molecular flexibility index (Phi) is 7.11. The highest BCUT2D eigenvalue weighted by molar-refractivity contribution is 6.39. The molecule has 8 nitrogen and oxygen atoms in total. The van der Waals surface area contributed by atoms with Crippen LogP contribution in [0.4, 0.5) is 16.2 Å². The third-order valence-electron chi connectivity index (χ3n) is 5.10. The van der Waals surface area contributed by atoms with Gasteiger partial charge in [-0.2, -0.15) is 10.4 Å². The molecule has 0 radical (unpaired) electrons. The maximum absolute atomic E-state index is 12.8. The molecule has 0 saturated carbocycles. The van der Waals surface area contributed by atoms with Crippen molar-refractivity contribution in [2.24, 2.45) is 0 Å². The molecule has 4 rings (SSSR count). The van der Waals surface area contributed by atoms with Gasteiger partial charge >= 0.3 is 6.03 Å². The Morgan fingerprint density at radius 1 is 1.00 bits per heavy atom. The Labute approximate surface area is 210 Å². The van der Waals surface area contributed by atoms with Crippen LogP contribution in [0.1, 0.15) is 12.5 Å². The van der Waals surface area contributed by atoms with Crippen LogP contribution in [0.25, 0.3) is 22.4 Å². The van der Waals surface area contributed by atoms with E-state index in [1.165, 1.54) is 23.1 Å². The number of nitrogens with one attached hydrogen (secondary N) is 2. The number of carbonyl (C=O) groups excluding carboxylic acids is 1. The number of pyridine rings is 1. The molecule has 4 aromatic rings. The van der Waals surface area contributed by atoms with Crippen molar-refractivity contribution in [1.82, 2.24) is 14.8 Å². The summed E-state index contributed by atoms with van der Waals surface area (Å²) in [6.07, 6.45) is 2.69. The predicted octanol–water partition coefficient (Wildman–Crippen LogP) is 5.81. The summed E-state index contributed by atoms with van der Waals surface area (Å²) < 4.78 is 1.26. The minimum absolute atomic E-state index is 0.0348. The van der Waals surface area contributed by atoms with E-state index in [9.17, 15) is 14.9 Å². The van der Waals surface area contributed by atoms with Crippen molar-refractivity contribution in [3.05, 3.63) is 93.0 Å². The molecule has 2 heterocycles. The van der Waals surface area contributed by atoms with Crippen molar-refractivity contribution < 1.29 is 4.79 Å². The number of aryl methyl sites for hydroxylation is 1. The molecule has 0 unspecified atom stereocenters. The highest BCUT2D eigenvalue weighted by atomic mass is 35.5. The van der Waals surface area contributed by atoms with Crippen molar-refractivity contribution in [1.29, 1.82) is 5.26 Å². The van der Waals surface area contributed by atoms with Gasteiger partial charge < -0.3 is 10.6 Å². The van der Waals surface area contributed by atoms with Crippen LogP contribution in [0.2, 0.25) is 10.0 Å². The molecule has 0 aliphatic carbocycles. The van der Waals surface area contributed by atoms with E-state index in [0.29, 0.717) is 17.8 Å². The molecule has 0 atom stereocenters. The molecule has 2 amide bonds. The monoisotopic (exact) mass is 504 g/mol. The number of nitrogens with zero attached hydrogens (tertiary/aromatic N) is 4. The van der Waals surface area contributed by atoms with E-state index in [1.54, 1.807) is 19.1 Å². The fraction of sp³-hybridized carbons (Fsp3) is 0.0800. The van der Waals surface area contributed by atoms with Gasteiger partial charge in [0, 0.05) is 24.5 Å². The van der Waals surface area contributed by atoms with Crippen LogP contribution >= 0.6 is 23.2 Å². The molecular formula is C25H18Cl2N6O2. The Morgan fingerprint density at radius 3 is 2.34 bits per heavy atom. The second-order valence-electron chi connectivity index (χ2n) is 7.39. The van der Waals surface area contributed by atoms with Gasteiger partial charge in [-0.3, -0.25) is 9.78 Å². The summed E-state index contributed by atoms with van der Waals surface area (Å²) in [5.41, 5.74) is 3.28. The second kappa shape index (κ2) is 10.4. The fourth-order valence-electron chi connectivity index (χ4n) is 3.41. The first kappa shape index (κ1) is 24.0. The third-order valence-corrected chi connectivity index (χ3v) is 5.67. The van der Waals surface area contributed by atoms with Crippen molar-refractivity contribution in [3.8, 4) is 28.5 Å². The van der Waals surface area contributed by atoms with Gasteiger partial charge in [-0.15, -0.1) is 0 Å². The van der Waals surface area contributed by atoms with Crippen LogP contribution in [-0.4, -0.2) is 20.8 Å². The van der Waals surface area contributed by atoms with Gasteiger partial charge in [0.05, 0.1) is 33.1 Å². The standard InChI is InChI=1S/C25H18Cl2N6O2/c1-2-33-24(34)22(30-25(35)31-23-19(26)13-29-14-20(23)27)11-21(32-33)18-8-4-7-17(10-18)16-6-3-5-15(9-16)12-28/h3-11,13-14H,2H2,1H3,(H2,29,30,31,35). The smallest absolute Gasteiger partial charge is 0.305 e. The lowest BCUT2D eigenvalue weighted by molar-refractivity contribution is 0.262. The summed E-state index contributed by atoms with van der Waals surface area (Å²) in [4.78, 5) is 29.3. The van der Waals surface area contributed by atoms with Crippen molar-refractivity contribution >= 4 is 40.6 Å². The van der Waals surface area contributed by atoms with Crippen LogP contribution < -0.4 is 16.2 Å². The fourth-order valence-corrected chi connectivity index (χ4v) is 3.87. The molecule has 0 aliphatic rings. The SMILES string of the molecule is CCn1nc(-c2cccc(-c3cccc(C#N)c3)c2)cc(NC(=O)Nc2c(Cl)cncc2Cl)c1=O. The van der Waals surface area contributed by atoms with Gasteiger partial charge in [0.15, 0.2) is 0 Å². The zero-order valence-corrected chi connectivity index (χ0v) is 19.9. The maximum atomic E-state index is 12.8. The zero-order valence-electron chi connectivity index (χ0n) is 18.4. The first-order chi connectivity index (χ1) is 16.9. The zero-order chi connectivity index (χ0) is 24.9. The molecule has 0 saturated heterocycles. The van der Waals surface area contributed by atoms with Gasteiger partial charge in [-0.25, -0.2) is 9.48 Å². The number of hydrogen-bond acceptors (Lipinski definition) is 5. The average molecular weight is 505 g/mol. The number of anilines is 2. The Hall–Kier alpha value is -4.19. The highest BCUT2D eigenvalue weighted by Gasteiger charge is 2.15. The molecule has 2 aromatic heterocycles. The van der Waals surface area contributed by atoms with Gasteiger partial charge in [0.2, 0.25) is 0 Å². The number of aromatic nitrogens is 3. The lowest BCUT2D eigenvalue weighted by Gasteiger charge is -2.13. The van der Waals surface area contributed by atoms with E-state index in [1.807, 2.05) is 36.4 Å². The molecule has 10 heteroatoms. The molecule has 2 N–H and O–H groups in total. The van der Waals surface area contributed by atoms with E-state index >= 15 is 0 Å². The molecular weight excluding hydrogens is 487 g/mol. The molecule has 35 heavy (non-hydrogen) atoms. The van der Waals surface area contributed by atoms with E-state index in [0.717, 1.165) is 16.7 Å². The minimum Gasteiger partial charge on any atom is -0.305 e. The number of halogens is 2. The molecule has 0 fully saturated rings. The minimum atomic E-state index is -0.695. The number of amides is 2. The van der Waals surface area contributed by atoms with E-state index in [-0.39, 0.29) is 21.4 Å². The summed E-state index contributed by atoms with van der Waals surface area (Å²) in [5, 5.41) is 19.1. The van der Waals surface area contributed by atoms with Crippen molar-refractivity contribution in [2.75, 3.05) is 10.6 Å². The third kappa shape index (κ3) is 5.32. The topological polar surface area (TPSA) is 113 Å². The molecule has 0 bridgehead atoms. The number of hydrogen-bond donors (Lipinski definition) is 2.